The molecule has 0 atom stereocenters. The van der Waals surface area contributed by atoms with Gasteiger partial charge in [0.05, 0.1) is 5.75 Å². The van der Waals surface area contributed by atoms with Gasteiger partial charge in [-0.25, -0.2) is 4.98 Å². The normalized spacial score (nSPS) is 14.0. The number of aromatic amines is 1. The summed E-state index contributed by atoms with van der Waals surface area (Å²) in [6.07, 6.45) is 12.0. The Morgan fingerprint density at radius 2 is 2.07 bits per heavy atom. The smallest absolute Gasteiger partial charge is 0.209 e. The molecule has 0 saturated carbocycles. The lowest BCUT2D eigenvalue weighted by Crippen LogP contribution is -2.08. The van der Waals surface area contributed by atoms with E-state index in [0.717, 1.165) is 35.5 Å². The fraction of sp³-hybridized carbons (Fsp3) is 0.391. The average molecular weight is 422 g/mol. The van der Waals surface area contributed by atoms with Gasteiger partial charge < -0.3 is 4.57 Å². The number of aryl methyl sites for hydroxylation is 1. The van der Waals surface area contributed by atoms with Crippen LogP contribution in [0.3, 0.4) is 0 Å². The van der Waals surface area contributed by atoms with Crippen molar-refractivity contribution in [1.29, 1.82) is 0 Å². The number of Topliss-reactive ketones (excluding diaryl/α,β-unsaturated/α-hetero) is 1. The maximum absolute atomic E-state index is 12.9. The van der Waals surface area contributed by atoms with Crippen LogP contribution >= 0.6 is 11.8 Å². The molecule has 3 aromatic heterocycles. The van der Waals surface area contributed by atoms with Gasteiger partial charge in [0.1, 0.15) is 0 Å². The SMILES string of the molecule is Cc1cc(C(=O)CSc2n[nH]c(-c3ccncc3)n2)c(C)n1CCC1=CCCCC1. The Kier molecular flexibility index (Phi) is 6.47. The van der Waals surface area contributed by atoms with Gasteiger partial charge in [0.25, 0.3) is 0 Å². The largest absolute Gasteiger partial charge is 0.348 e. The molecule has 3 heterocycles. The number of thioether (sulfide) groups is 1. The third-order valence-electron chi connectivity index (χ3n) is 5.67. The predicted molar refractivity (Wildman–Crippen MR) is 120 cm³/mol. The topological polar surface area (TPSA) is 76.5 Å². The van der Waals surface area contributed by atoms with Gasteiger partial charge in [0, 0.05) is 41.5 Å². The number of hydrogen-bond acceptors (Lipinski definition) is 5. The number of rotatable bonds is 8. The van der Waals surface area contributed by atoms with Crippen molar-refractivity contribution in [1.82, 2.24) is 24.7 Å². The number of ketones is 1. The number of H-pyrrole nitrogens is 1. The average Bonchev–Trinajstić information content (AvgIpc) is 3.36. The first-order valence-electron chi connectivity index (χ1n) is 10.5. The van der Waals surface area contributed by atoms with Crippen LogP contribution in [-0.4, -0.2) is 36.3 Å². The maximum Gasteiger partial charge on any atom is 0.209 e. The van der Waals surface area contributed by atoms with Crippen LogP contribution in [0, 0.1) is 13.8 Å². The minimum Gasteiger partial charge on any atom is -0.348 e. The van der Waals surface area contributed by atoms with E-state index >= 15 is 0 Å². The van der Waals surface area contributed by atoms with Crippen molar-refractivity contribution in [3.8, 4) is 11.4 Å². The number of nitrogens with zero attached hydrogens (tertiary/aromatic N) is 4. The van der Waals surface area contributed by atoms with Crippen LogP contribution in [0.2, 0.25) is 0 Å². The van der Waals surface area contributed by atoms with Crippen molar-refractivity contribution in [2.75, 3.05) is 5.75 Å². The number of nitrogens with one attached hydrogen (secondary N) is 1. The first kappa shape index (κ1) is 20.6. The van der Waals surface area contributed by atoms with Crippen molar-refractivity contribution in [2.24, 2.45) is 0 Å². The minimum absolute atomic E-state index is 0.117. The number of carbonyl (C=O) groups is 1. The molecule has 0 radical (unpaired) electrons. The Morgan fingerprint density at radius 1 is 1.23 bits per heavy atom. The lowest BCUT2D eigenvalue weighted by Gasteiger charge is -2.15. The zero-order chi connectivity index (χ0) is 20.9. The van der Waals surface area contributed by atoms with Gasteiger partial charge in [-0.1, -0.05) is 23.4 Å². The van der Waals surface area contributed by atoms with Crippen LogP contribution in [0.15, 0.2) is 47.4 Å². The molecule has 30 heavy (non-hydrogen) atoms. The molecule has 1 aliphatic carbocycles. The van der Waals surface area contributed by atoms with Crippen molar-refractivity contribution >= 4 is 17.5 Å². The second-order valence-electron chi connectivity index (χ2n) is 7.71. The highest BCUT2D eigenvalue weighted by Gasteiger charge is 2.17. The molecule has 0 spiro atoms. The van der Waals surface area contributed by atoms with E-state index in [0.29, 0.717) is 16.7 Å². The quantitative estimate of drug-likeness (QED) is 0.309. The fourth-order valence-electron chi connectivity index (χ4n) is 3.97. The number of aromatic nitrogens is 5. The maximum atomic E-state index is 12.9. The lowest BCUT2D eigenvalue weighted by molar-refractivity contribution is 0.102. The number of carbonyl (C=O) groups excluding carboxylic acids is 1. The second kappa shape index (κ2) is 9.43. The molecule has 7 heteroatoms. The number of pyridine rings is 1. The molecule has 0 bridgehead atoms. The van der Waals surface area contributed by atoms with E-state index < -0.39 is 0 Å². The summed E-state index contributed by atoms with van der Waals surface area (Å²) in [5, 5.41) is 7.73. The van der Waals surface area contributed by atoms with Gasteiger partial charge in [0.2, 0.25) is 5.16 Å². The van der Waals surface area contributed by atoms with Crippen molar-refractivity contribution in [3.63, 3.8) is 0 Å². The van der Waals surface area contributed by atoms with Crippen LogP contribution in [0.1, 0.15) is 53.8 Å². The van der Waals surface area contributed by atoms with Crippen LogP contribution in [0.4, 0.5) is 0 Å². The van der Waals surface area contributed by atoms with E-state index in [4.69, 9.17) is 0 Å². The highest BCUT2D eigenvalue weighted by Crippen LogP contribution is 2.24. The highest BCUT2D eigenvalue weighted by atomic mass is 32.2. The van der Waals surface area contributed by atoms with E-state index in [1.54, 1.807) is 18.0 Å². The Bertz CT molecular complexity index is 1050. The van der Waals surface area contributed by atoms with Crippen LogP contribution in [0.5, 0.6) is 0 Å². The molecule has 0 saturated heterocycles. The molecule has 6 nitrogen and oxygen atoms in total. The summed E-state index contributed by atoms with van der Waals surface area (Å²) in [5.74, 6) is 1.12. The summed E-state index contributed by atoms with van der Waals surface area (Å²) >= 11 is 1.36. The predicted octanol–water partition coefficient (Wildman–Crippen LogP) is 5.15. The molecule has 4 rings (SSSR count). The summed E-state index contributed by atoms with van der Waals surface area (Å²) in [5.41, 5.74) is 5.50. The van der Waals surface area contributed by atoms with Gasteiger partial charge in [-0.15, -0.1) is 5.10 Å². The third-order valence-corrected chi connectivity index (χ3v) is 6.51. The fourth-order valence-corrected chi connectivity index (χ4v) is 4.65. The van der Waals surface area contributed by atoms with Crippen LogP contribution in [-0.2, 0) is 6.54 Å². The summed E-state index contributed by atoms with van der Waals surface area (Å²) < 4.78 is 2.28. The van der Waals surface area contributed by atoms with E-state index in [9.17, 15) is 4.79 Å². The molecule has 1 N–H and O–H groups in total. The van der Waals surface area contributed by atoms with Crippen molar-refractivity contribution in [3.05, 3.63) is 59.2 Å². The molecule has 0 aliphatic heterocycles. The highest BCUT2D eigenvalue weighted by molar-refractivity contribution is 7.99. The monoisotopic (exact) mass is 421 g/mol. The summed E-state index contributed by atoms with van der Waals surface area (Å²) in [6, 6.07) is 5.77. The minimum atomic E-state index is 0.117. The molecule has 0 aromatic carbocycles. The first-order chi connectivity index (χ1) is 14.6. The zero-order valence-electron chi connectivity index (χ0n) is 17.5. The lowest BCUT2D eigenvalue weighted by atomic mass is 9.97. The molecule has 0 fully saturated rings. The van der Waals surface area contributed by atoms with Crippen LogP contribution in [0.25, 0.3) is 11.4 Å². The number of allylic oxidation sites excluding steroid dienone is 2. The summed E-state index contributed by atoms with van der Waals surface area (Å²) in [4.78, 5) is 21.4. The van der Waals surface area contributed by atoms with Gasteiger partial charge >= 0.3 is 0 Å². The molecular weight excluding hydrogens is 394 g/mol. The Morgan fingerprint density at radius 3 is 2.83 bits per heavy atom. The summed E-state index contributed by atoms with van der Waals surface area (Å²) in [6.45, 7) is 5.08. The standard InChI is InChI=1S/C23H27N5OS/c1-16-14-20(17(2)28(16)13-10-18-6-4-3-5-7-18)21(29)15-30-23-25-22(26-27-23)19-8-11-24-12-9-19/h6,8-9,11-12,14H,3-5,7,10,13,15H2,1-2H3,(H,25,26,27). The Labute approximate surface area is 181 Å². The van der Waals surface area contributed by atoms with Crippen molar-refractivity contribution < 1.29 is 4.79 Å². The Balaban J connectivity index is 1.38. The van der Waals surface area contributed by atoms with E-state index in [2.05, 4.69) is 44.7 Å². The van der Waals surface area contributed by atoms with Gasteiger partial charge in [0.15, 0.2) is 11.6 Å². The van der Waals surface area contributed by atoms with Crippen LogP contribution < -0.4 is 0 Å². The zero-order valence-corrected chi connectivity index (χ0v) is 18.3. The van der Waals surface area contributed by atoms with E-state index in [1.165, 1.54) is 37.4 Å². The van der Waals surface area contributed by atoms with Crippen molar-refractivity contribution in [2.45, 2.75) is 57.7 Å². The molecule has 3 aromatic rings. The molecule has 0 amide bonds. The first-order valence-corrected chi connectivity index (χ1v) is 11.4. The molecule has 1 aliphatic rings. The third kappa shape index (κ3) is 4.73. The summed E-state index contributed by atoms with van der Waals surface area (Å²) in [7, 11) is 0. The number of hydrogen-bond donors (Lipinski definition) is 1. The molecule has 156 valence electrons. The van der Waals surface area contributed by atoms with E-state index in [1.807, 2.05) is 18.2 Å². The molecular formula is C23H27N5OS. The van der Waals surface area contributed by atoms with Gasteiger partial charge in [-0.05, 0) is 64.2 Å². The van der Waals surface area contributed by atoms with Gasteiger partial charge in [-0.3, -0.25) is 14.9 Å². The van der Waals surface area contributed by atoms with Gasteiger partial charge in [-0.2, -0.15) is 0 Å². The van der Waals surface area contributed by atoms with E-state index in [-0.39, 0.29) is 5.78 Å². The second-order valence-corrected chi connectivity index (χ2v) is 8.65. The molecule has 0 unspecified atom stereocenters. The Hall–Kier alpha value is -2.67.